The first-order valence-corrected chi connectivity index (χ1v) is 7.71. The third-order valence-corrected chi connectivity index (χ3v) is 5.37. The minimum Gasteiger partial charge on any atom is -0.495 e. The van der Waals surface area contributed by atoms with Gasteiger partial charge in [-0.05, 0) is 18.0 Å². The second-order valence-corrected chi connectivity index (χ2v) is 6.23. The normalized spacial score (nSPS) is 17.2. The summed E-state index contributed by atoms with van der Waals surface area (Å²) in [5, 5.41) is 6.92. The summed E-state index contributed by atoms with van der Waals surface area (Å²) in [4.78, 5) is 1.34. The van der Waals surface area contributed by atoms with Gasteiger partial charge in [-0.3, -0.25) is 0 Å². The van der Waals surface area contributed by atoms with Crippen molar-refractivity contribution in [3.63, 3.8) is 0 Å². The van der Waals surface area contributed by atoms with Crippen LogP contribution >= 0.6 is 23.3 Å². The Kier molecular flexibility index (Phi) is 3.75. The van der Waals surface area contributed by atoms with E-state index in [0.717, 1.165) is 31.9 Å². The maximum absolute atomic E-state index is 5.41. The van der Waals surface area contributed by atoms with Gasteiger partial charge in [0.05, 0.1) is 11.8 Å². The van der Waals surface area contributed by atoms with Crippen molar-refractivity contribution < 1.29 is 4.74 Å². The number of ether oxygens (including phenoxy) is 1. The summed E-state index contributed by atoms with van der Waals surface area (Å²) in [6, 6.07) is 6.27. The molecule has 1 N–H and O–H groups in total. The molecule has 1 aliphatic heterocycles. The Morgan fingerprint density at radius 1 is 1.33 bits per heavy atom. The maximum Gasteiger partial charge on any atom is 0.136 e. The molecule has 96 valence electrons. The number of methoxy groups -OCH3 is 1. The molecule has 0 saturated carbocycles. The van der Waals surface area contributed by atoms with E-state index in [0.29, 0.717) is 0 Å². The van der Waals surface area contributed by atoms with Crippen molar-refractivity contribution in [2.24, 2.45) is 0 Å². The first-order chi connectivity index (χ1) is 8.88. The summed E-state index contributed by atoms with van der Waals surface area (Å²) in [5.41, 5.74) is 0. The zero-order valence-corrected chi connectivity index (χ0v) is 11.9. The van der Waals surface area contributed by atoms with E-state index in [4.69, 9.17) is 4.74 Å². The molecule has 1 fully saturated rings. The minimum atomic E-state index is 0.977. The lowest BCUT2D eigenvalue weighted by molar-refractivity contribution is 0.396. The Hall–Kier alpha value is -0.750. The van der Waals surface area contributed by atoms with Gasteiger partial charge < -0.3 is 10.1 Å². The molecule has 5 heteroatoms. The Morgan fingerprint density at radius 2 is 2.17 bits per heavy atom. The average molecular weight is 280 g/mol. The fourth-order valence-corrected chi connectivity index (χ4v) is 4.33. The molecule has 0 spiro atoms. The van der Waals surface area contributed by atoms with Crippen LogP contribution in [-0.4, -0.2) is 37.6 Å². The third kappa shape index (κ3) is 2.36. The van der Waals surface area contributed by atoms with Gasteiger partial charge in [0.1, 0.15) is 5.75 Å². The number of benzene rings is 1. The Morgan fingerprint density at radius 3 is 2.94 bits per heavy atom. The highest BCUT2D eigenvalue weighted by Crippen LogP contribution is 2.39. The summed E-state index contributed by atoms with van der Waals surface area (Å²) < 4.78 is 9.08. The summed E-state index contributed by atoms with van der Waals surface area (Å²) in [6.45, 7) is 4.37. The number of rotatable bonds is 3. The first-order valence-electron chi connectivity index (χ1n) is 6.06. The predicted octanol–water partition coefficient (Wildman–Crippen LogP) is 2.82. The van der Waals surface area contributed by atoms with Crippen LogP contribution in [0.3, 0.4) is 0 Å². The first kappa shape index (κ1) is 12.3. The van der Waals surface area contributed by atoms with Crippen molar-refractivity contribution in [1.29, 1.82) is 0 Å². The highest BCUT2D eigenvalue weighted by Gasteiger charge is 2.14. The van der Waals surface area contributed by atoms with Gasteiger partial charge in [0, 0.05) is 41.8 Å². The maximum atomic E-state index is 5.41. The van der Waals surface area contributed by atoms with E-state index in [1.165, 1.54) is 15.0 Å². The zero-order valence-electron chi connectivity index (χ0n) is 10.3. The molecule has 18 heavy (non-hydrogen) atoms. The van der Waals surface area contributed by atoms with Crippen molar-refractivity contribution >= 4 is 33.4 Å². The molecule has 0 atom stereocenters. The van der Waals surface area contributed by atoms with E-state index < -0.39 is 0 Å². The number of hydrogen-bond donors (Lipinski definition) is 1. The minimum absolute atomic E-state index is 0.977. The lowest BCUT2D eigenvalue weighted by atomic mass is 10.2. The van der Waals surface area contributed by atoms with Crippen LogP contribution in [0.2, 0.25) is 0 Å². The number of nitrogens with one attached hydrogen (secondary N) is 1. The van der Waals surface area contributed by atoms with Gasteiger partial charge in [0.2, 0.25) is 0 Å². The van der Waals surface area contributed by atoms with Crippen LogP contribution in [0.1, 0.15) is 0 Å². The third-order valence-electron chi connectivity index (χ3n) is 3.05. The van der Waals surface area contributed by atoms with Crippen molar-refractivity contribution in [3.8, 4) is 5.75 Å². The number of fused-ring (bicyclic) bond motifs is 1. The van der Waals surface area contributed by atoms with Gasteiger partial charge in [0.25, 0.3) is 0 Å². The monoisotopic (exact) mass is 280 g/mol. The quantitative estimate of drug-likeness (QED) is 0.874. The van der Waals surface area contributed by atoms with Crippen molar-refractivity contribution in [2.75, 3.05) is 33.3 Å². The zero-order chi connectivity index (χ0) is 12.4. The van der Waals surface area contributed by atoms with Crippen LogP contribution in [-0.2, 0) is 0 Å². The van der Waals surface area contributed by atoms with Crippen LogP contribution in [0.25, 0.3) is 10.1 Å². The van der Waals surface area contributed by atoms with Crippen LogP contribution in [0.4, 0.5) is 0 Å². The fraction of sp³-hybridized carbons (Fsp3) is 0.385. The van der Waals surface area contributed by atoms with E-state index in [-0.39, 0.29) is 0 Å². The van der Waals surface area contributed by atoms with Gasteiger partial charge in [0.15, 0.2) is 0 Å². The van der Waals surface area contributed by atoms with Crippen molar-refractivity contribution in [2.45, 2.75) is 4.90 Å². The molecule has 3 rings (SSSR count). The topological polar surface area (TPSA) is 24.5 Å². The van der Waals surface area contributed by atoms with Gasteiger partial charge in [-0.1, -0.05) is 12.1 Å². The van der Waals surface area contributed by atoms with Gasteiger partial charge in [-0.15, -0.1) is 11.3 Å². The summed E-state index contributed by atoms with van der Waals surface area (Å²) in [6.07, 6.45) is 0. The Labute approximate surface area is 115 Å². The molecule has 1 aromatic carbocycles. The average Bonchev–Trinajstić information content (AvgIpc) is 2.83. The second-order valence-electron chi connectivity index (χ2n) is 4.21. The van der Waals surface area contributed by atoms with E-state index >= 15 is 0 Å². The van der Waals surface area contributed by atoms with Crippen LogP contribution in [0, 0.1) is 0 Å². The highest BCUT2D eigenvalue weighted by molar-refractivity contribution is 7.97. The lowest BCUT2D eigenvalue weighted by Crippen LogP contribution is -2.39. The van der Waals surface area contributed by atoms with E-state index in [2.05, 4.69) is 27.1 Å². The van der Waals surface area contributed by atoms with Crippen LogP contribution < -0.4 is 10.1 Å². The fourth-order valence-electron chi connectivity index (χ4n) is 2.11. The molecule has 2 aromatic rings. The summed E-state index contributed by atoms with van der Waals surface area (Å²) in [7, 11) is 1.73. The van der Waals surface area contributed by atoms with E-state index in [9.17, 15) is 0 Å². The van der Waals surface area contributed by atoms with Gasteiger partial charge in [-0.25, -0.2) is 4.31 Å². The molecular formula is C13H16N2OS2. The lowest BCUT2D eigenvalue weighted by Gasteiger charge is -2.25. The number of thiophene rings is 1. The number of hydrogen-bond acceptors (Lipinski definition) is 5. The standard InChI is InChI=1S/C13H16N2OS2/c1-16-11-4-2-3-10-12(9-17-13(10)11)18-15-7-5-14-6-8-15/h2-4,9,14H,5-8H2,1H3. The van der Waals surface area contributed by atoms with E-state index in [1.54, 1.807) is 18.4 Å². The SMILES string of the molecule is COc1cccc2c(SN3CCNCC3)csc12. The molecule has 2 heterocycles. The van der Waals surface area contributed by atoms with Crippen LogP contribution in [0.5, 0.6) is 5.75 Å². The number of piperazine rings is 1. The molecule has 0 radical (unpaired) electrons. The molecule has 0 bridgehead atoms. The second kappa shape index (κ2) is 5.48. The molecule has 3 nitrogen and oxygen atoms in total. The van der Waals surface area contributed by atoms with Gasteiger partial charge in [-0.2, -0.15) is 0 Å². The van der Waals surface area contributed by atoms with Crippen LogP contribution in [0.15, 0.2) is 28.5 Å². The van der Waals surface area contributed by atoms with Crippen molar-refractivity contribution in [1.82, 2.24) is 9.62 Å². The van der Waals surface area contributed by atoms with Crippen molar-refractivity contribution in [3.05, 3.63) is 23.6 Å². The number of nitrogens with zero attached hydrogens (tertiary/aromatic N) is 1. The molecular weight excluding hydrogens is 264 g/mol. The molecule has 0 unspecified atom stereocenters. The van der Waals surface area contributed by atoms with E-state index in [1.807, 2.05) is 18.0 Å². The Bertz CT molecular complexity index is 535. The molecule has 0 amide bonds. The largest absolute Gasteiger partial charge is 0.495 e. The van der Waals surface area contributed by atoms with Gasteiger partial charge >= 0.3 is 0 Å². The molecule has 1 aliphatic rings. The molecule has 1 saturated heterocycles. The summed E-state index contributed by atoms with van der Waals surface area (Å²) in [5.74, 6) is 0.977. The summed E-state index contributed by atoms with van der Waals surface area (Å²) >= 11 is 3.63. The molecule has 1 aromatic heterocycles. The smallest absolute Gasteiger partial charge is 0.136 e. The Balaban J connectivity index is 1.88. The highest BCUT2D eigenvalue weighted by atomic mass is 32.2. The predicted molar refractivity (Wildman–Crippen MR) is 78.7 cm³/mol. The molecule has 0 aliphatic carbocycles.